The maximum atomic E-state index is 12.8. The smallest absolute Gasteiger partial charge is 0.312 e. The van der Waals surface area contributed by atoms with Gasteiger partial charge < -0.3 is 9.47 Å². The molecule has 1 aliphatic heterocycles. The number of aromatic nitrogens is 1. The summed E-state index contributed by atoms with van der Waals surface area (Å²) in [5.74, 6) is -0.629. The van der Waals surface area contributed by atoms with Crippen molar-refractivity contribution in [2.24, 2.45) is 5.92 Å². The Hall–Kier alpha value is -1.62. The lowest BCUT2D eigenvalue weighted by atomic mass is 9.89. The number of halogens is 2. The van der Waals surface area contributed by atoms with E-state index in [1.165, 1.54) is 0 Å². The van der Waals surface area contributed by atoms with E-state index < -0.39 is 6.10 Å². The van der Waals surface area contributed by atoms with Crippen molar-refractivity contribution in [2.75, 3.05) is 6.61 Å². The highest BCUT2D eigenvalue weighted by atomic mass is 35.5. The largest absolute Gasteiger partial charge is 0.462 e. The minimum atomic E-state index is -0.411. The number of ether oxygens (including phenoxy) is 2. The minimum Gasteiger partial charge on any atom is -0.462 e. The van der Waals surface area contributed by atoms with Crippen LogP contribution in [-0.2, 0) is 20.7 Å². The highest BCUT2D eigenvalue weighted by Crippen LogP contribution is 2.38. The van der Waals surface area contributed by atoms with Crippen molar-refractivity contribution >= 4 is 29.2 Å². The van der Waals surface area contributed by atoms with Gasteiger partial charge in [-0.2, -0.15) is 0 Å². The molecular weight excluding hydrogens is 373 g/mol. The SMILES string of the molecule is C[C@H](Cc1cccnc1)OC(=O)[C@@H]1CCCO[C@@H]1c1ccc(Cl)cc1Cl. The zero-order valence-electron chi connectivity index (χ0n) is 14.5. The van der Waals surface area contributed by atoms with Gasteiger partial charge in [0, 0.05) is 41.0 Å². The summed E-state index contributed by atoms with van der Waals surface area (Å²) in [6.07, 6.45) is 5.01. The highest BCUT2D eigenvalue weighted by molar-refractivity contribution is 6.35. The van der Waals surface area contributed by atoms with Crippen LogP contribution < -0.4 is 0 Å². The highest BCUT2D eigenvalue weighted by Gasteiger charge is 2.36. The number of esters is 1. The van der Waals surface area contributed by atoms with Crippen molar-refractivity contribution < 1.29 is 14.3 Å². The summed E-state index contributed by atoms with van der Waals surface area (Å²) in [5.41, 5.74) is 1.81. The molecule has 2 heterocycles. The van der Waals surface area contributed by atoms with Crippen LogP contribution >= 0.6 is 23.2 Å². The third-order valence-corrected chi connectivity index (χ3v) is 5.02. The van der Waals surface area contributed by atoms with Gasteiger partial charge in [0.25, 0.3) is 0 Å². The molecule has 0 radical (unpaired) electrons. The Bertz CT molecular complexity index is 754. The molecule has 138 valence electrons. The number of carbonyl (C=O) groups excluding carboxylic acids is 1. The number of benzene rings is 1. The minimum absolute atomic E-state index is 0.241. The topological polar surface area (TPSA) is 48.4 Å². The Morgan fingerprint density at radius 3 is 2.96 bits per heavy atom. The molecule has 0 spiro atoms. The average molecular weight is 394 g/mol. The first-order valence-electron chi connectivity index (χ1n) is 8.70. The van der Waals surface area contributed by atoms with Crippen molar-refractivity contribution in [1.29, 1.82) is 0 Å². The van der Waals surface area contributed by atoms with Crippen LogP contribution in [-0.4, -0.2) is 23.7 Å². The Balaban J connectivity index is 1.69. The third-order valence-electron chi connectivity index (χ3n) is 4.46. The van der Waals surface area contributed by atoms with Gasteiger partial charge in [-0.15, -0.1) is 0 Å². The first kappa shape index (κ1) is 19.2. The summed E-state index contributed by atoms with van der Waals surface area (Å²) < 4.78 is 11.6. The number of hydrogen-bond acceptors (Lipinski definition) is 4. The molecule has 3 rings (SSSR count). The van der Waals surface area contributed by atoms with E-state index in [2.05, 4.69) is 4.98 Å². The second kappa shape index (κ2) is 8.85. The van der Waals surface area contributed by atoms with Crippen molar-refractivity contribution in [3.05, 3.63) is 63.9 Å². The molecule has 0 unspecified atom stereocenters. The van der Waals surface area contributed by atoms with E-state index in [0.29, 0.717) is 29.5 Å². The van der Waals surface area contributed by atoms with E-state index in [9.17, 15) is 4.79 Å². The van der Waals surface area contributed by atoms with Crippen LogP contribution in [0.3, 0.4) is 0 Å². The van der Waals surface area contributed by atoms with E-state index in [1.54, 1.807) is 24.5 Å². The van der Waals surface area contributed by atoms with Crippen LogP contribution in [0.25, 0.3) is 0 Å². The monoisotopic (exact) mass is 393 g/mol. The Morgan fingerprint density at radius 2 is 2.23 bits per heavy atom. The standard InChI is InChI=1S/C20H21Cl2NO3/c1-13(10-14-4-2-8-23-12-14)26-20(24)17-5-3-9-25-19(17)16-7-6-15(21)11-18(16)22/h2,4,6-8,11-13,17,19H,3,5,9-10H2,1H3/t13-,17-,19-/m1/s1. The Kier molecular flexibility index (Phi) is 6.52. The number of rotatable bonds is 5. The maximum Gasteiger partial charge on any atom is 0.312 e. The molecule has 3 atom stereocenters. The van der Waals surface area contributed by atoms with Crippen molar-refractivity contribution in [3.63, 3.8) is 0 Å². The average Bonchev–Trinajstić information content (AvgIpc) is 2.62. The van der Waals surface area contributed by atoms with E-state index in [0.717, 1.165) is 17.5 Å². The Labute approximate surface area is 163 Å². The lowest BCUT2D eigenvalue weighted by Crippen LogP contribution is -2.33. The number of hydrogen-bond donors (Lipinski definition) is 0. The molecule has 0 saturated carbocycles. The number of carbonyl (C=O) groups is 1. The molecule has 26 heavy (non-hydrogen) atoms. The van der Waals surface area contributed by atoms with Crippen LogP contribution in [0.1, 0.15) is 37.0 Å². The van der Waals surface area contributed by atoms with Crippen LogP contribution in [0.15, 0.2) is 42.7 Å². The molecule has 6 heteroatoms. The van der Waals surface area contributed by atoms with Gasteiger partial charge in [-0.05, 0) is 43.5 Å². The molecule has 4 nitrogen and oxygen atoms in total. The van der Waals surface area contributed by atoms with Gasteiger partial charge in [-0.1, -0.05) is 35.3 Å². The van der Waals surface area contributed by atoms with Gasteiger partial charge in [-0.25, -0.2) is 0 Å². The van der Waals surface area contributed by atoms with Crippen LogP contribution in [0.4, 0.5) is 0 Å². The van der Waals surface area contributed by atoms with E-state index in [4.69, 9.17) is 32.7 Å². The van der Waals surface area contributed by atoms with Gasteiger partial charge in [-0.3, -0.25) is 9.78 Å². The lowest BCUT2D eigenvalue weighted by molar-refractivity contribution is -0.163. The molecule has 0 bridgehead atoms. The summed E-state index contributed by atoms with van der Waals surface area (Å²) in [7, 11) is 0. The molecule has 1 saturated heterocycles. The molecule has 0 aliphatic carbocycles. The number of nitrogens with zero attached hydrogens (tertiary/aromatic N) is 1. The molecule has 0 amide bonds. The number of pyridine rings is 1. The third kappa shape index (κ3) is 4.76. The lowest BCUT2D eigenvalue weighted by Gasteiger charge is -2.32. The molecule has 1 aromatic heterocycles. The molecule has 1 aromatic carbocycles. The van der Waals surface area contributed by atoms with E-state index >= 15 is 0 Å². The van der Waals surface area contributed by atoms with Crippen LogP contribution in [0, 0.1) is 5.92 Å². The first-order chi connectivity index (χ1) is 12.5. The van der Waals surface area contributed by atoms with Gasteiger partial charge in [0.15, 0.2) is 0 Å². The van der Waals surface area contributed by atoms with E-state index in [1.807, 2.05) is 25.1 Å². The van der Waals surface area contributed by atoms with Gasteiger partial charge in [0.05, 0.1) is 12.0 Å². The molecule has 0 N–H and O–H groups in total. The fraction of sp³-hybridized carbons (Fsp3) is 0.400. The maximum absolute atomic E-state index is 12.8. The van der Waals surface area contributed by atoms with Gasteiger partial charge in [0.1, 0.15) is 6.10 Å². The predicted molar refractivity (Wildman–Crippen MR) is 101 cm³/mol. The second-order valence-corrected chi connectivity index (χ2v) is 7.36. The molecule has 1 aliphatic rings. The van der Waals surface area contributed by atoms with Gasteiger partial charge >= 0.3 is 5.97 Å². The quantitative estimate of drug-likeness (QED) is 0.668. The van der Waals surface area contributed by atoms with Crippen LogP contribution in [0.2, 0.25) is 10.0 Å². The zero-order chi connectivity index (χ0) is 18.5. The van der Waals surface area contributed by atoms with Crippen molar-refractivity contribution in [2.45, 2.75) is 38.4 Å². The summed E-state index contributed by atoms with van der Waals surface area (Å²) in [6.45, 7) is 2.48. The molecule has 1 fully saturated rings. The summed E-state index contributed by atoms with van der Waals surface area (Å²) in [4.78, 5) is 16.9. The van der Waals surface area contributed by atoms with E-state index in [-0.39, 0.29) is 18.0 Å². The van der Waals surface area contributed by atoms with Crippen molar-refractivity contribution in [3.8, 4) is 0 Å². The zero-order valence-corrected chi connectivity index (χ0v) is 16.0. The molecular formula is C20H21Cl2NO3. The summed E-state index contributed by atoms with van der Waals surface area (Å²) in [6, 6.07) is 9.09. The predicted octanol–water partition coefficient (Wildman–Crippen LogP) is 5.03. The summed E-state index contributed by atoms with van der Waals surface area (Å²) in [5, 5.41) is 1.06. The summed E-state index contributed by atoms with van der Waals surface area (Å²) >= 11 is 12.3. The Morgan fingerprint density at radius 1 is 1.38 bits per heavy atom. The van der Waals surface area contributed by atoms with Gasteiger partial charge in [0.2, 0.25) is 0 Å². The fourth-order valence-corrected chi connectivity index (χ4v) is 3.76. The first-order valence-corrected chi connectivity index (χ1v) is 9.46. The van der Waals surface area contributed by atoms with Crippen LogP contribution in [0.5, 0.6) is 0 Å². The molecule has 2 aromatic rings. The second-order valence-electron chi connectivity index (χ2n) is 6.52. The normalized spacial score (nSPS) is 21.2. The fourth-order valence-electron chi connectivity index (χ4n) is 3.24. The van der Waals surface area contributed by atoms with Crippen molar-refractivity contribution in [1.82, 2.24) is 4.98 Å².